The van der Waals surface area contributed by atoms with Crippen molar-refractivity contribution >= 4 is 23.8 Å². The summed E-state index contributed by atoms with van der Waals surface area (Å²) in [7, 11) is -4.10. The third kappa shape index (κ3) is 6.60. The minimum atomic E-state index is -6.00. The van der Waals surface area contributed by atoms with Crippen molar-refractivity contribution in [1.82, 2.24) is 5.10 Å². The summed E-state index contributed by atoms with van der Waals surface area (Å²) >= 11 is 1.48. The Morgan fingerprint density at radius 3 is 1.75 bits per heavy atom. The molecule has 0 aliphatic rings. The van der Waals surface area contributed by atoms with E-state index in [1.54, 1.807) is 4.07 Å². The van der Waals surface area contributed by atoms with Crippen LogP contribution in [0.4, 0.5) is 22.3 Å². The summed E-state index contributed by atoms with van der Waals surface area (Å²) in [4.78, 5) is 0. The molecule has 16 heavy (non-hydrogen) atoms. The summed E-state index contributed by atoms with van der Waals surface area (Å²) in [6.07, 6.45) is 0. The molecule has 0 saturated carbocycles. The molecule has 0 aromatic carbocycles. The molecule has 1 aromatic rings. The van der Waals surface area contributed by atoms with Crippen LogP contribution in [-0.4, -0.2) is 12.4 Å². The van der Waals surface area contributed by atoms with E-state index in [4.69, 9.17) is 5.73 Å². The van der Waals surface area contributed by atoms with Crippen LogP contribution in [-0.2, 0) is 12.5 Å². The average molecular weight is 259 g/mol. The molecule has 94 valence electrons. The lowest BCUT2D eigenvalue weighted by molar-refractivity contribution is -0.664. The number of nitrogens with zero attached hydrogens (tertiary/aromatic N) is 2. The van der Waals surface area contributed by atoms with Crippen molar-refractivity contribution in [3.63, 3.8) is 0 Å². The molecule has 1 rings (SSSR count). The minimum Gasteiger partial charge on any atom is -0.418 e. The first kappa shape index (κ1) is 15.1. The normalized spacial score (nSPS) is 12.0. The molecule has 2 N–H and O–H groups in total. The summed E-state index contributed by atoms with van der Waals surface area (Å²) in [6.45, 7) is 6.33. The van der Waals surface area contributed by atoms with Gasteiger partial charge in [-0.3, -0.25) is 0 Å². The van der Waals surface area contributed by atoms with Crippen LogP contribution in [0, 0.1) is 0 Å². The van der Waals surface area contributed by atoms with Crippen molar-refractivity contribution < 1.29 is 21.3 Å². The van der Waals surface area contributed by atoms with E-state index in [2.05, 4.69) is 25.9 Å². The maximum atomic E-state index is 9.75. The van der Waals surface area contributed by atoms with Gasteiger partial charge in [-0.1, -0.05) is 20.8 Å². The monoisotopic (exact) mass is 259 g/mol. The number of aromatic nitrogens is 2. The molecule has 0 unspecified atom stereocenters. The predicted octanol–water partition coefficient (Wildman–Crippen LogP) is 2.15. The van der Waals surface area contributed by atoms with Gasteiger partial charge in [0.05, 0.1) is 0 Å². The van der Waals surface area contributed by atoms with Crippen molar-refractivity contribution in [1.29, 1.82) is 0 Å². The highest BCUT2D eigenvalue weighted by Gasteiger charge is 2.25. The van der Waals surface area contributed by atoms with E-state index < -0.39 is 7.25 Å². The fraction of sp³-hybridized carbons (Fsp3) is 0.714. The van der Waals surface area contributed by atoms with E-state index >= 15 is 0 Å². The number of rotatable bonds is 0. The van der Waals surface area contributed by atoms with E-state index in [0.717, 1.165) is 10.7 Å². The molecule has 0 spiro atoms. The van der Waals surface area contributed by atoms with E-state index in [9.17, 15) is 17.3 Å². The van der Waals surface area contributed by atoms with Gasteiger partial charge in [0.25, 0.3) is 0 Å². The molecule has 0 aliphatic heterocycles. The van der Waals surface area contributed by atoms with Crippen LogP contribution >= 0.6 is 11.5 Å². The fourth-order valence-electron chi connectivity index (χ4n) is 0.916. The van der Waals surface area contributed by atoms with E-state index in [-0.39, 0.29) is 5.41 Å². The van der Waals surface area contributed by atoms with Crippen molar-refractivity contribution in [2.45, 2.75) is 26.2 Å². The van der Waals surface area contributed by atoms with Gasteiger partial charge in [0.15, 0.2) is 29.3 Å². The van der Waals surface area contributed by atoms with Gasteiger partial charge >= 0.3 is 7.25 Å². The van der Waals surface area contributed by atoms with E-state index in [0.29, 0.717) is 0 Å². The van der Waals surface area contributed by atoms with Crippen LogP contribution < -0.4 is 9.81 Å². The van der Waals surface area contributed by atoms with Crippen molar-refractivity contribution in [2.24, 2.45) is 7.05 Å². The van der Waals surface area contributed by atoms with Crippen LogP contribution in [0.1, 0.15) is 26.5 Å². The number of anilines is 1. The molecule has 0 radical (unpaired) electrons. The van der Waals surface area contributed by atoms with Crippen molar-refractivity contribution in [2.75, 3.05) is 5.73 Å². The van der Waals surface area contributed by atoms with Gasteiger partial charge in [-0.15, -0.1) is 0 Å². The lowest BCUT2D eigenvalue weighted by Gasteiger charge is -2.12. The van der Waals surface area contributed by atoms with Crippen molar-refractivity contribution in [3.8, 4) is 0 Å². The largest absolute Gasteiger partial charge is 0.673 e. The molecule has 0 amide bonds. The third-order valence-electron chi connectivity index (χ3n) is 1.42. The molecule has 1 heterocycles. The first-order valence-corrected chi connectivity index (χ1v) is 5.19. The summed E-state index contributed by atoms with van der Waals surface area (Å²) in [5, 5.41) is 5.11. The van der Waals surface area contributed by atoms with Gasteiger partial charge < -0.3 is 23.0 Å². The summed E-state index contributed by atoms with van der Waals surface area (Å²) in [5.41, 5.74) is 6.81. The van der Waals surface area contributed by atoms with Gasteiger partial charge in [-0.05, 0) is 4.07 Å². The highest BCUT2D eigenvalue weighted by Crippen LogP contribution is 2.26. The Morgan fingerprint density at radius 1 is 1.25 bits per heavy atom. The zero-order chi connectivity index (χ0) is 13.1. The van der Waals surface area contributed by atoms with Crippen LogP contribution in [0.25, 0.3) is 0 Å². The lowest BCUT2D eigenvalue weighted by Crippen LogP contribution is -2.28. The minimum absolute atomic E-state index is 0.0574. The van der Waals surface area contributed by atoms with Crippen LogP contribution in [0.5, 0.6) is 0 Å². The first-order valence-electron chi connectivity index (χ1n) is 4.42. The average Bonchev–Trinajstić information content (AvgIpc) is 2.24. The second-order valence-corrected chi connectivity index (χ2v) is 5.26. The number of hydrogen-bond donors (Lipinski definition) is 1. The van der Waals surface area contributed by atoms with E-state index in [1.165, 1.54) is 11.5 Å². The quantitative estimate of drug-likeness (QED) is 0.440. The van der Waals surface area contributed by atoms with Gasteiger partial charge in [-0.2, -0.15) is 0 Å². The Labute approximate surface area is 95.5 Å². The molecule has 0 saturated heterocycles. The van der Waals surface area contributed by atoms with Gasteiger partial charge in [0, 0.05) is 10.5 Å². The molecular formula is C7H14BF4N3S. The van der Waals surface area contributed by atoms with Crippen LogP contribution in [0.3, 0.4) is 0 Å². The number of nitrogen functional groups attached to an aromatic ring is 1. The second kappa shape index (κ2) is 4.98. The van der Waals surface area contributed by atoms with Crippen LogP contribution in [0.2, 0.25) is 0 Å². The maximum Gasteiger partial charge on any atom is 0.673 e. The topological polar surface area (TPSA) is 42.8 Å². The lowest BCUT2D eigenvalue weighted by atomic mass is 9.93. The summed E-state index contributed by atoms with van der Waals surface area (Å²) in [6, 6.07) is 0. The molecule has 0 fully saturated rings. The Hall–Kier alpha value is -0.855. The number of hydrogen-bond acceptors (Lipinski definition) is 3. The standard InChI is InChI=1S/C7H13N3S.BF4/c1-7(2,3)5-6(8)11-10(4)9-5;2-1(3,4)5/h8H,1-4H3;/q;-1/p+1. The highest BCUT2D eigenvalue weighted by atomic mass is 32.1. The van der Waals surface area contributed by atoms with Gasteiger partial charge in [-0.25, -0.2) is 0 Å². The molecule has 0 aliphatic carbocycles. The Morgan fingerprint density at radius 2 is 1.62 bits per heavy atom. The molecule has 1 aromatic heterocycles. The smallest absolute Gasteiger partial charge is 0.418 e. The van der Waals surface area contributed by atoms with Crippen LogP contribution in [0.15, 0.2) is 0 Å². The number of aryl methyl sites for hydroxylation is 1. The fourth-order valence-corrected chi connectivity index (χ4v) is 1.76. The Balaban J connectivity index is 0.000000385. The summed E-state index contributed by atoms with van der Waals surface area (Å²) < 4.78 is 40.8. The predicted molar refractivity (Wildman–Crippen MR) is 56.6 cm³/mol. The summed E-state index contributed by atoms with van der Waals surface area (Å²) in [5.74, 6) is 0. The highest BCUT2D eigenvalue weighted by molar-refractivity contribution is 7.06. The Bertz CT molecular complexity index is 338. The molecule has 0 atom stereocenters. The SMILES string of the molecule is C[n+]1nc(C(C)(C)C)c(N)s1.F[B-](F)(F)F. The number of halogens is 4. The Kier molecular flexibility index (Phi) is 4.72. The molecular weight excluding hydrogens is 245 g/mol. The zero-order valence-electron chi connectivity index (χ0n) is 9.47. The maximum absolute atomic E-state index is 9.75. The first-order chi connectivity index (χ1) is 6.91. The van der Waals surface area contributed by atoms with Gasteiger partial charge in [0.2, 0.25) is 0 Å². The second-order valence-electron chi connectivity index (χ2n) is 4.11. The molecule has 9 heteroatoms. The molecule has 0 bridgehead atoms. The zero-order valence-corrected chi connectivity index (χ0v) is 10.3. The number of nitrogens with two attached hydrogens (primary N) is 1. The molecule has 3 nitrogen and oxygen atoms in total. The third-order valence-corrected chi connectivity index (χ3v) is 2.15. The van der Waals surface area contributed by atoms with E-state index in [1.807, 2.05) is 7.05 Å². The van der Waals surface area contributed by atoms with Gasteiger partial charge in [0.1, 0.15) is 0 Å². The van der Waals surface area contributed by atoms with Crippen molar-refractivity contribution in [3.05, 3.63) is 5.69 Å².